The van der Waals surface area contributed by atoms with E-state index in [2.05, 4.69) is 23.8 Å². The van der Waals surface area contributed by atoms with Crippen molar-refractivity contribution in [3.8, 4) is 0 Å². The summed E-state index contributed by atoms with van der Waals surface area (Å²) in [5.41, 5.74) is 2.61. The second-order valence-electron chi connectivity index (χ2n) is 6.30. The number of hydrogen-bond acceptors (Lipinski definition) is 1. The van der Waals surface area contributed by atoms with E-state index in [1.807, 2.05) is 0 Å². The molecule has 0 aliphatic heterocycles. The van der Waals surface area contributed by atoms with Crippen LogP contribution in [-0.4, -0.2) is 9.67 Å². The minimum Gasteiger partial charge on any atom is -0.388 e. The van der Waals surface area contributed by atoms with Gasteiger partial charge in [-0.05, 0) is 43.6 Å². The van der Waals surface area contributed by atoms with Gasteiger partial charge in [0.1, 0.15) is 0 Å². The second-order valence-corrected chi connectivity index (χ2v) is 6.30. The van der Waals surface area contributed by atoms with Gasteiger partial charge in [0.05, 0.1) is 6.10 Å². The summed E-state index contributed by atoms with van der Waals surface area (Å²) in [6, 6.07) is 2.15. The lowest BCUT2D eigenvalue weighted by Gasteiger charge is -2.30. The Morgan fingerprint density at radius 2 is 2.06 bits per heavy atom. The van der Waals surface area contributed by atoms with Crippen molar-refractivity contribution in [2.45, 2.75) is 64.5 Å². The molecule has 0 saturated heterocycles. The molecule has 3 atom stereocenters. The highest BCUT2D eigenvalue weighted by molar-refractivity contribution is 5.27. The molecule has 0 spiro atoms. The molecule has 0 amide bonds. The quantitative estimate of drug-likeness (QED) is 0.847. The third kappa shape index (κ3) is 2.23. The molecule has 3 unspecified atom stereocenters. The van der Waals surface area contributed by atoms with Crippen LogP contribution in [0.25, 0.3) is 0 Å². The van der Waals surface area contributed by atoms with Crippen LogP contribution in [0.3, 0.4) is 0 Å². The average Bonchev–Trinajstić information content (AvgIpc) is 2.77. The van der Waals surface area contributed by atoms with Gasteiger partial charge in [0.2, 0.25) is 0 Å². The van der Waals surface area contributed by atoms with Gasteiger partial charge < -0.3 is 9.67 Å². The summed E-state index contributed by atoms with van der Waals surface area (Å²) in [6.45, 7) is 3.58. The highest BCUT2D eigenvalue weighted by Gasteiger charge is 2.25. The highest BCUT2D eigenvalue weighted by Crippen LogP contribution is 2.34. The molecule has 2 aliphatic carbocycles. The topological polar surface area (TPSA) is 25.2 Å². The van der Waals surface area contributed by atoms with E-state index >= 15 is 0 Å². The van der Waals surface area contributed by atoms with Gasteiger partial charge in [-0.3, -0.25) is 0 Å². The van der Waals surface area contributed by atoms with Gasteiger partial charge in [0, 0.05) is 24.0 Å². The van der Waals surface area contributed by atoms with Gasteiger partial charge in [-0.25, -0.2) is 0 Å². The minimum atomic E-state index is -0.209. The molecule has 1 saturated carbocycles. The molecule has 2 heteroatoms. The Balaban J connectivity index is 1.76. The largest absolute Gasteiger partial charge is 0.388 e. The maximum Gasteiger partial charge on any atom is 0.0807 e. The molecule has 2 aliphatic rings. The first kappa shape index (κ1) is 12.3. The molecule has 1 heterocycles. The summed E-state index contributed by atoms with van der Waals surface area (Å²) in [6.07, 6.45) is 10.8. The van der Waals surface area contributed by atoms with Crippen molar-refractivity contribution in [3.05, 3.63) is 23.5 Å². The fraction of sp³-hybridized carbons (Fsp3) is 0.750. The van der Waals surface area contributed by atoms with Gasteiger partial charge in [0.15, 0.2) is 0 Å². The zero-order valence-corrected chi connectivity index (χ0v) is 11.4. The lowest BCUT2D eigenvalue weighted by atomic mass is 9.80. The Morgan fingerprint density at radius 1 is 1.22 bits per heavy atom. The molecule has 18 heavy (non-hydrogen) atoms. The summed E-state index contributed by atoms with van der Waals surface area (Å²) >= 11 is 0. The standard InChI is InChI=1S/C16H25NO/c1-12-5-2-3-6-13(12)11-17-10-9-14-15(17)7-4-8-16(14)18/h9-10,12-13,16,18H,2-8,11H2,1H3. The predicted octanol–water partition coefficient (Wildman–Crippen LogP) is 3.68. The van der Waals surface area contributed by atoms with Crippen molar-refractivity contribution in [2.24, 2.45) is 11.8 Å². The molecule has 3 rings (SSSR count). The molecule has 100 valence electrons. The Morgan fingerprint density at radius 3 is 2.89 bits per heavy atom. The Hall–Kier alpha value is -0.760. The summed E-state index contributed by atoms with van der Waals surface area (Å²) in [5.74, 6) is 1.71. The van der Waals surface area contributed by atoms with Gasteiger partial charge in [-0.15, -0.1) is 0 Å². The van der Waals surface area contributed by atoms with Gasteiger partial charge in [-0.1, -0.05) is 26.2 Å². The summed E-state index contributed by atoms with van der Waals surface area (Å²) in [5, 5.41) is 10.0. The van der Waals surface area contributed by atoms with Crippen molar-refractivity contribution < 1.29 is 5.11 Å². The van der Waals surface area contributed by atoms with E-state index in [1.165, 1.54) is 43.5 Å². The summed E-state index contributed by atoms with van der Waals surface area (Å²) in [4.78, 5) is 0. The second kappa shape index (κ2) is 5.08. The van der Waals surface area contributed by atoms with E-state index in [1.54, 1.807) is 0 Å². The van der Waals surface area contributed by atoms with Crippen LogP contribution in [0.5, 0.6) is 0 Å². The maximum absolute atomic E-state index is 10.0. The molecular weight excluding hydrogens is 222 g/mol. The number of aromatic nitrogens is 1. The third-order valence-electron chi connectivity index (χ3n) is 5.08. The van der Waals surface area contributed by atoms with Crippen molar-refractivity contribution >= 4 is 0 Å². The van der Waals surface area contributed by atoms with E-state index in [9.17, 15) is 5.11 Å². The van der Waals surface area contributed by atoms with Crippen LogP contribution >= 0.6 is 0 Å². The van der Waals surface area contributed by atoms with Crippen LogP contribution in [0.1, 0.15) is 62.8 Å². The number of hydrogen-bond donors (Lipinski definition) is 1. The van der Waals surface area contributed by atoms with Crippen LogP contribution < -0.4 is 0 Å². The lowest BCUT2D eigenvalue weighted by Crippen LogP contribution is -2.23. The Labute approximate surface area is 110 Å². The molecule has 0 radical (unpaired) electrons. The first-order valence-electron chi connectivity index (χ1n) is 7.61. The SMILES string of the molecule is CC1CCCCC1Cn1ccc2c1CCCC2O. The van der Waals surface area contributed by atoms with Crippen molar-refractivity contribution in [1.82, 2.24) is 4.57 Å². The van der Waals surface area contributed by atoms with Crippen LogP contribution in [0, 0.1) is 11.8 Å². The molecule has 1 N–H and O–H groups in total. The predicted molar refractivity (Wildman–Crippen MR) is 73.5 cm³/mol. The van der Waals surface area contributed by atoms with Crippen LogP contribution in [0.4, 0.5) is 0 Å². The number of aliphatic hydroxyl groups is 1. The minimum absolute atomic E-state index is 0.209. The molecule has 0 bridgehead atoms. The summed E-state index contributed by atoms with van der Waals surface area (Å²) in [7, 11) is 0. The molecule has 1 aromatic rings. The molecule has 2 nitrogen and oxygen atoms in total. The normalized spacial score (nSPS) is 32.2. The van der Waals surface area contributed by atoms with Crippen LogP contribution in [0.2, 0.25) is 0 Å². The number of aliphatic hydroxyl groups excluding tert-OH is 1. The molecular formula is C16H25NO. The van der Waals surface area contributed by atoms with Gasteiger partial charge >= 0.3 is 0 Å². The highest BCUT2D eigenvalue weighted by atomic mass is 16.3. The molecule has 0 aromatic carbocycles. The zero-order chi connectivity index (χ0) is 12.5. The first-order valence-corrected chi connectivity index (χ1v) is 7.61. The average molecular weight is 247 g/mol. The van der Waals surface area contributed by atoms with Crippen LogP contribution in [0.15, 0.2) is 12.3 Å². The fourth-order valence-corrected chi connectivity index (χ4v) is 3.82. The third-order valence-corrected chi connectivity index (χ3v) is 5.08. The Bertz CT molecular complexity index is 409. The maximum atomic E-state index is 10.0. The van der Waals surface area contributed by atoms with E-state index in [-0.39, 0.29) is 6.10 Å². The first-order chi connectivity index (χ1) is 8.75. The number of fused-ring (bicyclic) bond motifs is 1. The van der Waals surface area contributed by atoms with Gasteiger partial charge in [0.25, 0.3) is 0 Å². The van der Waals surface area contributed by atoms with Crippen molar-refractivity contribution in [3.63, 3.8) is 0 Å². The van der Waals surface area contributed by atoms with Crippen molar-refractivity contribution in [2.75, 3.05) is 0 Å². The number of nitrogens with zero attached hydrogens (tertiary/aromatic N) is 1. The molecule has 1 fully saturated rings. The van der Waals surface area contributed by atoms with E-state index < -0.39 is 0 Å². The lowest BCUT2D eigenvalue weighted by molar-refractivity contribution is 0.154. The fourth-order valence-electron chi connectivity index (χ4n) is 3.82. The van der Waals surface area contributed by atoms with E-state index in [0.29, 0.717) is 0 Å². The smallest absolute Gasteiger partial charge is 0.0807 e. The number of rotatable bonds is 2. The summed E-state index contributed by atoms with van der Waals surface area (Å²) < 4.78 is 2.43. The monoisotopic (exact) mass is 247 g/mol. The van der Waals surface area contributed by atoms with Crippen LogP contribution in [-0.2, 0) is 13.0 Å². The Kier molecular flexibility index (Phi) is 3.47. The van der Waals surface area contributed by atoms with Gasteiger partial charge in [-0.2, -0.15) is 0 Å². The van der Waals surface area contributed by atoms with E-state index in [0.717, 1.165) is 31.1 Å². The molecule has 1 aromatic heterocycles. The van der Waals surface area contributed by atoms with Crippen molar-refractivity contribution in [1.29, 1.82) is 0 Å². The zero-order valence-electron chi connectivity index (χ0n) is 11.4. The van der Waals surface area contributed by atoms with E-state index in [4.69, 9.17) is 0 Å².